The minimum Gasteiger partial charge on any atom is -0.494 e. The Labute approximate surface area is 191 Å². The Morgan fingerprint density at radius 1 is 0.903 bits per heavy atom. The summed E-state index contributed by atoms with van der Waals surface area (Å²) in [5.74, 6) is 0.809. The van der Waals surface area contributed by atoms with Crippen LogP contribution in [0.15, 0.2) is 77.7 Å². The van der Waals surface area contributed by atoms with Crippen LogP contribution in [0.25, 0.3) is 0 Å². The molecule has 0 spiro atoms. The molecule has 5 nitrogen and oxygen atoms in total. The van der Waals surface area contributed by atoms with Crippen molar-refractivity contribution < 1.29 is 14.3 Å². The molecule has 0 aromatic heterocycles. The first-order valence-electron chi connectivity index (χ1n) is 9.81. The van der Waals surface area contributed by atoms with Gasteiger partial charge in [0.2, 0.25) is 11.8 Å². The number of hydrogen-bond donors (Lipinski definition) is 2. The van der Waals surface area contributed by atoms with Crippen LogP contribution in [0.2, 0.25) is 5.02 Å². The largest absolute Gasteiger partial charge is 0.494 e. The molecule has 160 valence electrons. The van der Waals surface area contributed by atoms with Gasteiger partial charge >= 0.3 is 0 Å². The van der Waals surface area contributed by atoms with E-state index in [1.807, 2.05) is 67.6 Å². The predicted octanol–water partition coefficient (Wildman–Crippen LogP) is 5.65. The van der Waals surface area contributed by atoms with Crippen LogP contribution in [0.1, 0.15) is 12.5 Å². The molecular formula is C24H23ClN2O3S. The Kier molecular flexibility index (Phi) is 8.38. The van der Waals surface area contributed by atoms with E-state index in [0.717, 1.165) is 21.9 Å². The summed E-state index contributed by atoms with van der Waals surface area (Å²) in [4.78, 5) is 25.4. The van der Waals surface area contributed by atoms with Crippen molar-refractivity contribution in [3.8, 4) is 5.75 Å². The maximum atomic E-state index is 12.3. The van der Waals surface area contributed by atoms with E-state index in [-0.39, 0.29) is 24.0 Å². The van der Waals surface area contributed by atoms with Gasteiger partial charge in [-0.2, -0.15) is 0 Å². The van der Waals surface area contributed by atoms with E-state index in [9.17, 15) is 9.59 Å². The molecule has 0 aliphatic carbocycles. The van der Waals surface area contributed by atoms with Gasteiger partial charge in [0.25, 0.3) is 0 Å². The molecule has 0 saturated carbocycles. The van der Waals surface area contributed by atoms with Gasteiger partial charge < -0.3 is 15.4 Å². The zero-order chi connectivity index (χ0) is 22.1. The van der Waals surface area contributed by atoms with Gasteiger partial charge in [0.15, 0.2) is 0 Å². The first-order chi connectivity index (χ1) is 15.0. The van der Waals surface area contributed by atoms with Crippen molar-refractivity contribution in [1.82, 2.24) is 0 Å². The van der Waals surface area contributed by atoms with Gasteiger partial charge in [-0.3, -0.25) is 9.59 Å². The van der Waals surface area contributed by atoms with Crippen LogP contribution in [0.4, 0.5) is 11.4 Å². The third-order valence-corrected chi connectivity index (χ3v) is 5.46. The maximum Gasteiger partial charge on any atom is 0.234 e. The molecule has 2 N–H and O–H groups in total. The quantitative estimate of drug-likeness (QED) is 0.410. The minimum atomic E-state index is -0.113. The summed E-state index contributed by atoms with van der Waals surface area (Å²) in [5.41, 5.74) is 2.30. The second-order valence-electron chi connectivity index (χ2n) is 6.67. The normalized spacial score (nSPS) is 10.4. The summed E-state index contributed by atoms with van der Waals surface area (Å²) < 4.78 is 5.40. The van der Waals surface area contributed by atoms with Crippen molar-refractivity contribution in [1.29, 1.82) is 0 Å². The highest BCUT2D eigenvalue weighted by Gasteiger charge is 2.07. The van der Waals surface area contributed by atoms with Gasteiger partial charge in [-0.25, -0.2) is 0 Å². The standard InChI is InChI=1S/C24H23ClN2O3S/c1-2-30-21-12-10-19(11-13-21)26-24(29)16-31-22-5-3-4-20(15-22)27-23(28)14-17-6-8-18(25)9-7-17/h3-13,15H,2,14,16H2,1H3,(H,26,29)(H,27,28). The highest BCUT2D eigenvalue weighted by Crippen LogP contribution is 2.23. The van der Waals surface area contributed by atoms with Gasteiger partial charge in [0.1, 0.15) is 5.75 Å². The Balaban J connectivity index is 1.48. The molecule has 0 radical (unpaired) electrons. The van der Waals surface area contributed by atoms with E-state index in [1.165, 1.54) is 11.8 Å². The third kappa shape index (κ3) is 7.66. The second kappa shape index (κ2) is 11.4. The van der Waals surface area contributed by atoms with Gasteiger partial charge in [0.05, 0.1) is 18.8 Å². The summed E-state index contributed by atoms with van der Waals surface area (Å²) in [7, 11) is 0. The Morgan fingerprint density at radius 3 is 2.32 bits per heavy atom. The van der Waals surface area contributed by atoms with Crippen LogP contribution in [0.5, 0.6) is 5.75 Å². The number of hydrogen-bond acceptors (Lipinski definition) is 4. The topological polar surface area (TPSA) is 67.4 Å². The fourth-order valence-corrected chi connectivity index (χ4v) is 3.68. The van der Waals surface area contributed by atoms with E-state index in [4.69, 9.17) is 16.3 Å². The second-order valence-corrected chi connectivity index (χ2v) is 8.16. The van der Waals surface area contributed by atoms with Gasteiger partial charge in [-0.15, -0.1) is 11.8 Å². The summed E-state index contributed by atoms with van der Waals surface area (Å²) >= 11 is 7.28. The lowest BCUT2D eigenvalue weighted by Crippen LogP contribution is -2.15. The van der Waals surface area contributed by atoms with Gasteiger partial charge in [-0.05, 0) is 67.1 Å². The van der Waals surface area contributed by atoms with Crippen LogP contribution in [-0.4, -0.2) is 24.2 Å². The molecule has 0 atom stereocenters. The van der Waals surface area contributed by atoms with E-state index < -0.39 is 0 Å². The molecule has 0 bridgehead atoms. The summed E-state index contributed by atoms with van der Waals surface area (Å²) in [6.07, 6.45) is 0.263. The summed E-state index contributed by atoms with van der Waals surface area (Å²) in [6.45, 7) is 2.52. The third-order valence-electron chi connectivity index (χ3n) is 4.21. The molecule has 0 heterocycles. The van der Waals surface area contributed by atoms with Crippen LogP contribution < -0.4 is 15.4 Å². The molecule has 2 amide bonds. The number of benzene rings is 3. The number of anilines is 2. The van der Waals surface area contributed by atoms with Crippen molar-refractivity contribution in [2.24, 2.45) is 0 Å². The number of nitrogens with one attached hydrogen (secondary N) is 2. The van der Waals surface area contributed by atoms with Crippen molar-refractivity contribution in [2.45, 2.75) is 18.2 Å². The molecular weight excluding hydrogens is 432 g/mol. The molecule has 3 aromatic rings. The highest BCUT2D eigenvalue weighted by atomic mass is 35.5. The number of ether oxygens (including phenoxy) is 1. The molecule has 3 aromatic carbocycles. The number of carbonyl (C=O) groups is 2. The average Bonchev–Trinajstić information content (AvgIpc) is 2.76. The van der Waals surface area contributed by atoms with E-state index in [1.54, 1.807) is 12.1 Å². The SMILES string of the molecule is CCOc1ccc(NC(=O)CSc2cccc(NC(=O)Cc3ccc(Cl)cc3)c2)cc1. The van der Waals surface area contributed by atoms with E-state index in [2.05, 4.69) is 10.6 Å². The first-order valence-corrected chi connectivity index (χ1v) is 11.2. The maximum absolute atomic E-state index is 12.3. The van der Waals surface area contributed by atoms with Crippen molar-refractivity contribution >= 4 is 46.6 Å². The molecule has 0 aliphatic heterocycles. The Hall–Kier alpha value is -2.96. The molecule has 3 rings (SSSR count). The summed E-state index contributed by atoms with van der Waals surface area (Å²) in [6, 6.07) is 21.9. The van der Waals surface area contributed by atoms with E-state index in [0.29, 0.717) is 17.3 Å². The number of rotatable bonds is 9. The van der Waals surface area contributed by atoms with Crippen LogP contribution in [-0.2, 0) is 16.0 Å². The number of thioether (sulfide) groups is 1. The Morgan fingerprint density at radius 2 is 1.61 bits per heavy atom. The molecule has 0 unspecified atom stereocenters. The molecule has 7 heteroatoms. The van der Waals surface area contributed by atoms with Crippen LogP contribution in [0, 0.1) is 0 Å². The fourth-order valence-electron chi connectivity index (χ4n) is 2.80. The minimum absolute atomic E-state index is 0.105. The molecule has 0 aliphatic rings. The first kappa shape index (κ1) is 22.7. The number of amides is 2. The Bertz CT molecular complexity index is 1020. The van der Waals surface area contributed by atoms with Crippen LogP contribution in [0.3, 0.4) is 0 Å². The molecule has 0 saturated heterocycles. The van der Waals surface area contributed by atoms with Crippen molar-refractivity contribution in [3.05, 3.63) is 83.4 Å². The monoisotopic (exact) mass is 454 g/mol. The lowest BCUT2D eigenvalue weighted by atomic mass is 10.1. The average molecular weight is 455 g/mol. The molecule has 0 fully saturated rings. The number of carbonyl (C=O) groups excluding carboxylic acids is 2. The zero-order valence-electron chi connectivity index (χ0n) is 17.1. The van der Waals surface area contributed by atoms with Gasteiger partial charge in [-0.1, -0.05) is 29.8 Å². The van der Waals surface area contributed by atoms with Gasteiger partial charge in [0, 0.05) is 21.3 Å². The lowest BCUT2D eigenvalue weighted by molar-refractivity contribution is -0.115. The van der Waals surface area contributed by atoms with E-state index >= 15 is 0 Å². The lowest BCUT2D eigenvalue weighted by Gasteiger charge is -2.09. The highest BCUT2D eigenvalue weighted by molar-refractivity contribution is 8.00. The predicted molar refractivity (Wildman–Crippen MR) is 127 cm³/mol. The smallest absolute Gasteiger partial charge is 0.234 e. The van der Waals surface area contributed by atoms with Crippen molar-refractivity contribution in [3.63, 3.8) is 0 Å². The molecule has 31 heavy (non-hydrogen) atoms. The fraction of sp³-hybridized carbons (Fsp3) is 0.167. The number of halogens is 1. The summed E-state index contributed by atoms with van der Waals surface area (Å²) in [5, 5.41) is 6.40. The van der Waals surface area contributed by atoms with Crippen LogP contribution >= 0.6 is 23.4 Å². The zero-order valence-corrected chi connectivity index (χ0v) is 18.6. The van der Waals surface area contributed by atoms with Crippen molar-refractivity contribution in [2.75, 3.05) is 23.0 Å².